The number of hydrogen-bond acceptors (Lipinski definition) is 5. The minimum absolute atomic E-state index is 0.164. The van der Waals surface area contributed by atoms with Gasteiger partial charge in [0.15, 0.2) is 6.61 Å². The zero-order chi connectivity index (χ0) is 21.0. The molecule has 5 amide bonds. The fraction of sp³-hybridized carbons (Fsp3) is 0.0526. The van der Waals surface area contributed by atoms with Gasteiger partial charge in [-0.3, -0.25) is 25.0 Å². The zero-order valence-electron chi connectivity index (χ0n) is 14.6. The first-order chi connectivity index (χ1) is 13.8. The Hall–Kier alpha value is -3.36. The van der Waals surface area contributed by atoms with Gasteiger partial charge in [0.1, 0.15) is 11.3 Å². The van der Waals surface area contributed by atoms with E-state index >= 15 is 0 Å². The smallest absolute Gasteiger partial charge is 0.328 e. The maximum Gasteiger partial charge on any atom is 0.328 e. The third-order valence-electron chi connectivity index (χ3n) is 3.72. The molecule has 1 saturated heterocycles. The molecule has 1 aliphatic heterocycles. The summed E-state index contributed by atoms with van der Waals surface area (Å²) in [4.78, 5) is 46.6. The lowest BCUT2D eigenvalue weighted by Gasteiger charge is -2.14. The molecule has 1 heterocycles. The first-order valence-corrected chi connectivity index (χ1v) is 8.94. The third kappa shape index (κ3) is 5.13. The average molecular weight is 434 g/mol. The van der Waals surface area contributed by atoms with Crippen LogP contribution in [0.2, 0.25) is 10.0 Å². The maximum atomic E-state index is 12.0. The molecule has 3 rings (SSSR count). The summed E-state index contributed by atoms with van der Waals surface area (Å²) in [7, 11) is 0. The number of urea groups is 1. The van der Waals surface area contributed by atoms with Crippen molar-refractivity contribution < 1.29 is 23.9 Å². The third-order valence-corrected chi connectivity index (χ3v) is 4.34. The van der Waals surface area contributed by atoms with E-state index in [9.17, 15) is 19.2 Å². The van der Waals surface area contributed by atoms with Crippen molar-refractivity contribution in [3.63, 3.8) is 0 Å². The van der Waals surface area contributed by atoms with Crippen molar-refractivity contribution in [3.05, 3.63) is 63.6 Å². The van der Waals surface area contributed by atoms with E-state index in [2.05, 4.69) is 5.32 Å². The van der Waals surface area contributed by atoms with Crippen LogP contribution < -0.4 is 20.7 Å². The molecule has 3 N–H and O–H groups in total. The van der Waals surface area contributed by atoms with Gasteiger partial charge < -0.3 is 10.1 Å². The van der Waals surface area contributed by atoms with Crippen molar-refractivity contribution in [2.75, 3.05) is 11.9 Å². The molecule has 0 bridgehead atoms. The maximum absolute atomic E-state index is 12.0. The fourth-order valence-corrected chi connectivity index (χ4v) is 2.82. The lowest BCUT2D eigenvalue weighted by molar-refractivity contribution is -0.124. The molecule has 8 nitrogen and oxygen atoms in total. The Morgan fingerprint density at radius 3 is 2.34 bits per heavy atom. The molecule has 2 aromatic rings. The number of rotatable bonds is 5. The molecule has 0 atom stereocenters. The summed E-state index contributed by atoms with van der Waals surface area (Å²) >= 11 is 12.1. The number of carbonyl (C=O) groups is 4. The van der Waals surface area contributed by atoms with E-state index in [4.69, 9.17) is 27.9 Å². The Morgan fingerprint density at radius 1 is 1.00 bits per heavy atom. The van der Waals surface area contributed by atoms with Crippen LogP contribution in [0.1, 0.15) is 5.56 Å². The molecular formula is C19H13Cl2N3O5. The second-order valence-electron chi connectivity index (χ2n) is 5.80. The summed E-state index contributed by atoms with van der Waals surface area (Å²) < 4.78 is 5.40. The summed E-state index contributed by atoms with van der Waals surface area (Å²) in [5.41, 5.74) is 0.643. The predicted molar refractivity (Wildman–Crippen MR) is 107 cm³/mol. The lowest BCUT2D eigenvalue weighted by atomic mass is 10.1. The number of ether oxygens (including phenoxy) is 1. The average Bonchev–Trinajstić information content (AvgIpc) is 2.66. The highest BCUT2D eigenvalue weighted by molar-refractivity contribution is 6.34. The Bertz CT molecular complexity index is 1030. The molecule has 1 aliphatic rings. The molecule has 148 valence electrons. The van der Waals surface area contributed by atoms with Crippen LogP contribution in [0.25, 0.3) is 6.08 Å². The van der Waals surface area contributed by atoms with Crippen LogP contribution in [0.4, 0.5) is 10.5 Å². The van der Waals surface area contributed by atoms with Crippen LogP contribution in [0.3, 0.4) is 0 Å². The first-order valence-electron chi connectivity index (χ1n) is 8.18. The molecule has 0 radical (unpaired) electrons. The van der Waals surface area contributed by atoms with Crippen molar-refractivity contribution in [2.45, 2.75) is 0 Å². The Morgan fingerprint density at radius 2 is 1.69 bits per heavy atom. The normalized spacial score (nSPS) is 13.4. The number of hydrogen-bond donors (Lipinski definition) is 3. The predicted octanol–water partition coefficient (Wildman–Crippen LogP) is 2.76. The van der Waals surface area contributed by atoms with Gasteiger partial charge in [0.25, 0.3) is 17.7 Å². The van der Waals surface area contributed by atoms with Gasteiger partial charge in [-0.1, -0.05) is 41.4 Å². The molecule has 0 spiro atoms. The van der Waals surface area contributed by atoms with Crippen molar-refractivity contribution in [1.29, 1.82) is 0 Å². The standard InChI is InChI=1S/C19H13Cl2N3O5/c20-12-3-1-2-4-14(12)22-16(25)9-29-15-6-5-10(8-13(15)21)7-11-17(26)23-19(28)24-18(11)27/h1-8H,9H2,(H,22,25)(H2,23,24,26,27,28). The first kappa shape index (κ1) is 20.4. The van der Waals surface area contributed by atoms with Crippen LogP contribution in [0.5, 0.6) is 5.75 Å². The van der Waals surface area contributed by atoms with Crippen LogP contribution in [-0.4, -0.2) is 30.4 Å². The molecule has 0 aliphatic carbocycles. The number of carbonyl (C=O) groups excluding carboxylic acids is 4. The summed E-state index contributed by atoms with van der Waals surface area (Å²) in [5, 5.41) is 7.12. The van der Waals surface area contributed by atoms with E-state index in [-0.39, 0.29) is 23.0 Å². The van der Waals surface area contributed by atoms with E-state index in [1.54, 1.807) is 24.3 Å². The molecule has 0 saturated carbocycles. The second kappa shape index (κ2) is 8.76. The Balaban J connectivity index is 1.65. The van der Waals surface area contributed by atoms with E-state index < -0.39 is 23.8 Å². The Labute approximate surface area is 174 Å². The van der Waals surface area contributed by atoms with Gasteiger partial charge >= 0.3 is 6.03 Å². The molecule has 10 heteroatoms. The van der Waals surface area contributed by atoms with Crippen molar-refractivity contribution in [2.24, 2.45) is 0 Å². The van der Waals surface area contributed by atoms with Crippen LogP contribution in [-0.2, 0) is 14.4 Å². The van der Waals surface area contributed by atoms with E-state index in [1.807, 2.05) is 10.6 Å². The van der Waals surface area contributed by atoms with Gasteiger partial charge in [-0.15, -0.1) is 0 Å². The largest absolute Gasteiger partial charge is 0.482 e. The SMILES string of the molecule is O=C(COc1ccc(C=C2C(=O)NC(=O)NC2=O)cc1Cl)Nc1ccccc1Cl. The number of para-hydroxylation sites is 1. The highest BCUT2D eigenvalue weighted by Gasteiger charge is 2.27. The van der Waals surface area contributed by atoms with Crippen LogP contribution >= 0.6 is 23.2 Å². The van der Waals surface area contributed by atoms with E-state index in [0.717, 1.165) is 0 Å². The van der Waals surface area contributed by atoms with E-state index in [1.165, 1.54) is 24.3 Å². The fourth-order valence-electron chi connectivity index (χ4n) is 2.39. The summed E-state index contributed by atoms with van der Waals surface area (Å²) in [6.07, 6.45) is 1.27. The number of benzene rings is 2. The molecule has 29 heavy (non-hydrogen) atoms. The summed E-state index contributed by atoms with van der Waals surface area (Å²) in [5.74, 6) is -1.82. The van der Waals surface area contributed by atoms with Crippen LogP contribution in [0.15, 0.2) is 48.0 Å². The monoisotopic (exact) mass is 433 g/mol. The number of barbiturate groups is 1. The number of amides is 5. The summed E-state index contributed by atoms with van der Waals surface area (Å²) in [6.45, 7) is -0.307. The molecule has 1 fully saturated rings. The molecule has 0 unspecified atom stereocenters. The second-order valence-corrected chi connectivity index (χ2v) is 6.62. The van der Waals surface area contributed by atoms with Gasteiger partial charge in [-0.25, -0.2) is 4.79 Å². The van der Waals surface area contributed by atoms with Crippen molar-refractivity contribution in [3.8, 4) is 5.75 Å². The Kier molecular flexibility index (Phi) is 6.16. The molecule has 2 aromatic carbocycles. The zero-order valence-corrected chi connectivity index (χ0v) is 16.1. The van der Waals surface area contributed by atoms with Gasteiger partial charge in [-0.2, -0.15) is 0 Å². The van der Waals surface area contributed by atoms with E-state index in [0.29, 0.717) is 16.3 Å². The minimum atomic E-state index is -0.881. The highest BCUT2D eigenvalue weighted by Crippen LogP contribution is 2.27. The number of imide groups is 2. The van der Waals surface area contributed by atoms with Crippen molar-refractivity contribution in [1.82, 2.24) is 10.6 Å². The molecule has 0 aromatic heterocycles. The minimum Gasteiger partial charge on any atom is -0.482 e. The quantitative estimate of drug-likeness (QED) is 0.495. The number of nitrogens with one attached hydrogen (secondary N) is 3. The highest BCUT2D eigenvalue weighted by atomic mass is 35.5. The van der Waals surface area contributed by atoms with Crippen LogP contribution in [0, 0.1) is 0 Å². The summed E-state index contributed by atoms with van der Waals surface area (Å²) in [6, 6.07) is 10.4. The van der Waals surface area contributed by atoms with Crippen molar-refractivity contribution >= 4 is 58.7 Å². The van der Waals surface area contributed by atoms with Gasteiger partial charge in [0, 0.05) is 0 Å². The van der Waals surface area contributed by atoms with Gasteiger partial charge in [-0.05, 0) is 35.9 Å². The number of halogens is 2. The molecular weight excluding hydrogens is 421 g/mol. The van der Waals surface area contributed by atoms with Gasteiger partial charge in [0.05, 0.1) is 15.7 Å². The van der Waals surface area contributed by atoms with Gasteiger partial charge in [0.2, 0.25) is 0 Å². The topological polar surface area (TPSA) is 114 Å². The number of anilines is 1. The lowest BCUT2D eigenvalue weighted by Crippen LogP contribution is -2.51.